The summed E-state index contributed by atoms with van der Waals surface area (Å²) in [7, 11) is 1.67. The molecule has 0 aliphatic carbocycles. The van der Waals surface area contributed by atoms with Crippen molar-refractivity contribution >= 4 is 22.0 Å². The largest absolute Gasteiger partial charge is 0.394 e. The maximum Gasteiger partial charge on any atom is 0.317 e. The van der Waals surface area contributed by atoms with Gasteiger partial charge in [-0.25, -0.2) is 4.79 Å². The molecule has 2 unspecified atom stereocenters. The average molecular weight is 315 g/mol. The van der Waals surface area contributed by atoms with E-state index in [4.69, 9.17) is 5.11 Å². The van der Waals surface area contributed by atoms with Crippen molar-refractivity contribution in [1.82, 2.24) is 10.2 Å². The van der Waals surface area contributed by atoms with E-state index in [0.717, 1.165) is 10.0 Å². The summed E-state index contributed by atoms with van der Waals surface area (Å²) in [6.07, 6.45) is 0. The molecule has 0 saturated heterocycles. The standard InChI is InChI=1S/C13H19BrN2O2/c1-9(8-17)16(3)13(18)15-10(2)11-5-4-6-12(14)7-11/h4-7,9-10,17H,8H2,1-3H3,(H,15,18). The van der Waals surface area contributed by atoms with Gasteiger partial charge in [-0.1, -0.05) is 28.1 Å². The third-order valence-electron chi connectivity index (χ3n) is 2.93. The van der Waals surface area contributed by atoms with E-state index in [9.17, 15) is 4.79 Å². The van der Waals surface area contributed by atoms with E-state index in [1.54, 1.807) is 14.0 Å². The fourth-order valence-electron chi connectivity index (χ4n) is 1.47. The monoisotopic (exact) mass is 314 g/mol. The van der Waals surface area contributed by atoms with Crippen LogP contribution in [-0.4, -0.2) is 35.7 Å². The fourth-order valence-corrected chi connectivity index (χ4v) is 1.89. The molecule has 0 fully saturated rings. The van der Waals surface area contributed by atoms with E-state index in [-0.39, 0.29) is 24.7 Å². The minimum Gasteiger partial charge on any atom is -0.394 e. The Labute approximate surface area is 116 Å². The van der Waals surface area contributed by atoms with Crippen LogP contribution in [0.1, 0.15) is 25.5 Å². The summed E-state index contributed by atoms with van der Waals surface area (Å²) < 4.78 is 0.984. The second-order valence-electron chi connectivity index (χ2n) is 4.37. The number of urea groups is 1. The van der Waals surface area contributed by atoms with E-state index in [0.29, 0.717) is 0 Å². The van der Waals surface area contributed by atoms with Crippen LogP contribution >= 0.6 is 15.9 Å². The molecule has 5 heteroatoms. The van der Waals surface area contributed by atoms with Gasteiger partial charge in [-0.3, -0.25) is 0 Å². The third kappa shape index (κ3) is 3.99. The number of aliphatic hydroxyl groups excluding tert-OH is 1. The van der Waals surface area contributed by atoms with Crippen molar-refractivity contribution < 1.29 is 9.90 Å². The highest BCUT2D eigenvalue weighted by Crippen LogP contribution is 2.18. The Morgan fingerprint density at radius 3 is 2.72 bits per heavy atom. The van der Waals surface area contributed by atoms with Crippen molar-refractivity contribution in [1.29, 1.82) is 0 Å². The number of carbonyl (C=O) groups excluding carboxylic acids is 1. The third-order valence-corrected chi connectivity index (χ3v) is 3.43. The quantitative estimate of drug-likeness (QED) is 0.897. The number of rotatable bonds is 4. The second kappa shape index (κ2) is 6.75. The van der Waals surface area contributed by atoms with Crippen molar-refractivity contribution in [3.05, 3.63) is 34.3 Å². The molecule has 0 radical (unpaired) electrons. The van der Waals surface area contributed by atoms with Crippen molar-refractivity contribution in [2.24, 2.45) is 0 Å². The van der Waals surface area contributed by atoms with Crippen LogP contribution in [0.5, 0.6) is 0 Å². The summed E-state index contributed by atoms with van der Waals surface area (Å²) in [5, 5.41) is 11.9. The van der Waals surface area contributed by atoms with E-state index in [1.807, 2.05) is 31.2 Å². The molecule has 1 rings (SSSR count). The van der Waals surface area contributed by atoms with Gasteiger partial charge in [0.2, 0.25) is 0 Å². The van der Waals surface area contributed by atoms with Crippen LogP contribution in [0.4, 0.5) is 4.79 Å². The number of hydrogen-bond donors (Lipinski definition) is 2. The van der Waals surface area contributed by atoms with E-state index < -0.39 is 0 Å². The van der Waals surface area contributed by atoms with Crippen LogP contribution < -0.4 is 5.32 Å². The number of aliphatic hydroxyl groups is 1. The summed E-state index contributed by atoms with van der Waals surface area (Å²) in [5.74, 6) is 0. The molecule has 0 saturated carbocycles. The summed E-state index contributed by atoms with van der Waals surface area (Å²) in [6, 6.07) is 7.35. The lowest BCUT2D eigenvalue weighted by Gasteiger charge is -2.25. The SMILES string of the molecule is CC(NC(=O)N(C)C(C)CO)c1cccc(Br)c1. The minimum atomic E-state index is -0.195. The summed E-state index contributed by atoms with van der Waals surface area (Å²) in [4.78, 5) is 13.4. The summed E-state index contributed by atoms with van der Waals surface area (Å²) in [5.41, 5.74) is 1.03. The van der Waals surface area contributed by atoms with Gasteiger partial charge in [-0.15, -0.1) is 0 Å². The Kier molecular flexibility index (Phi) is 5.62. The fraction of sp³-hybridized carbons (Fsp3) is 0.462. The predicted molar refractivity (Wildman–Crippen MR) is 75.4 cm³/mol. The molecule has 0 spiro atoms. The number of carbonyl (C=O) groups is 1. The Bertz CT molecular complexity index is 412. The van der Waals surface area contributed by atoms with Gasteiger partial charge < -0.3 is 15.3 Å². The van der Waals surface area contributed by atoms with Gasteiger partial charge in [0.1, 0.15) is 0 Å². The number of likely N-dealkylation sites (N-methyl/N-ethyl adjacent to an activating group) is 1. The van der Waals surface area contributed by atoms with Crippen LogP contribution in [0.3, 0.4) is 0 Å². The number of halogens is 1. The van der Waals surface area contributed by atoms with E-state index >= 15 is 0 Å². The van der Waals surface area contributed by atoms with Gasteiger partial charge in [0.05, 0.1) is 18.7 Å². The Hall–Kier alpha value is -1.07. The van der Waals surface area contributed by atoms with Crippen LogP contribution in [0.2, 0.25) is 0 Å². The molecule has 0 bridgehead atoms. The molecular weight excluding hydrogens is 296 g/mol. The zero-order valence-electron chi connectivity index (χ0n) is 10.9. The lowest BCUT2D eigenvalue weighted by molar-refractivity contribution is 0.155. The zero-order valence-corrected chi connectivity index (χ0v) is 12.4. The van der Waals surface area contributed by atoms with Crippen molar-refractivity contribution in [2.75, 3.05) is 13.7 Å². The molecular formula is C13H19BrN2O2. The molecule has 0 aromatic heterocycles. The first-order valence-corrected chi connectivity index (χ1v) is 6.64. The van der Waals surface area contributed by atoms with Crippen LogP contribution in [-0.2, 0) is 0 Å². The van der Waals surface area contributed by atoms with Crippen molar-refractivity contribution in [2.45, 2.75) is 25.9 Å². The lowest BCUT2D eigenvalue weighted by atomic mass is 10.1. The molecule has 4 nitrogen and oxygen atoms in total. The molecule has 1 aromatic carbocycles. The van der Waals surface area contributed by atoms with Crippen LogP contribution in [0.15, 0.2) is 28.7 Å². The Morgan fingerprint density at radius 2 is 2.17 bits per heavy atom. The number of hydrogen-bond acceptors (Lipinski definition) is 2. The normalized spacial score (nSPS) is 13.8. The van der Waals surface area contributed by atoms with Crippen LogP contribution in [0, 0.1) is 0 Å². The predicted octanol–water partition coefficient (Wildman–Crippen LogP) is 2.53. The number of benzene rings is 1. The minimum absolute atomic E-state index is 0.0464. The highest BCUT2D eigenvalue weighted by atomic mass is 79.9. The highest BCUT2D eigenvalue weighted by Gasteiger charge is 2.17. The van der Waals surface area contributed by atoms with E-state index in [2.05, 4.69) is 21.2 Å². The molecule has 18 heavy (non-hydrogen) atoms. The van der Waals surface area contributed by atoms with Gasteiger partial charge in [0.15, 0.2) is 0 Å². The van der Waals surface area contributed by atoms with Crippen molar-refractivity contribution in [3.8, 4) is 0 Å². The molecule has 1 aromatic rings. The lowest BCUT2D eigenvalue weighted by Crippen LogP contribution is -2.44. The van der Waals surface area contributed by atoms with Crippen molar-refractivity contribution in [3.63, 3.8) is 0 Å². The van der Waals surface area contributed by atoms with Gasteiger partial charge in [0.25, 0.3) is 0 Å². The first-order valence-electron chi connectivity index (χ1n) is 5.85. The molecule has 0 aliphatic rings. The average Bonchev–Trinajstić information content (AvgIpc) is 2.36. The van der Waals surface area contributed by atoms with Gasteiger partial charge in [-0.2, -0.15) is 0 Å². The summed E-state index contributed by atoms with van der Waals surface area (Å²) in [6.45, 7) is 3.68. The highest BCUT2D eigenvalue weighted by molar-refractivity contribution is 9.10. The molecule has 2 amide bonds. The number of nitrogens with zero attached hydrogens (tertiary/aromatic N) is 1. The maximum atomic E-state index is 11.9. The summed E-state index contributed by atoms with van der Waals surface area (Å²) >= 11 is 3.40. The maximum absolute atomic E-state index is 11.9. The zero-order chi connectivity index (χ0) is 13.7. The Balaban J connectivity index is 2.65. The van der Waals surface area contributed by atoms with Gasteiger partial charge >= 0.3 is 6.03 Å². The number of nitrogens with one attached hydrogen (secondary N) is 1. The molecule has 0 aliphatic heterocycles. The second-order valence-corrected chi connectivity index (χ2v) is 5.28. The molecule has 2 N–H and O–H groups in total. The Morgan fingerprint density at radius 1 is 1.50 bits per heavy atom. The van der Waals surface area contributed by atoms with E-state index in [1.165, 1.54) is 4.90 Å². The van der Waals surface area contributed by atoms with Crippen LogP contribution in [0.25, 0.3) is 0 Å². The topological polar surface area (TPSA) is 52.6 Å². The molecule has 0 heterocycles. The smallest absolute Gasteiger partial charge is 0.317 e. The first kappa shape index (κ1) is 15.0. The molecule has 2 atom stereocenters. The molecule has 100 valence electrons. The first-order chi connectivity index (χ1) is 8.45. The van der Waals surface area contributed by atoms with Gasteiger partial charge in [-0.05, 0) is 31.5 Å². The number of amides is 2. The van der Waals surface area contributed by atoms with Gasteiger partial charge in [0, 0.05) is 11.5 Å².